The van der Waals surface area contributed by atoms with Crippen molar-refractivity contribution >= 4 is 22.9 Å². The third-order valence-corrected chi connectivity index (χ3v) is 4.73. The van der Waals surface area contributed by atoms with Gasteiger partial charge in [-0.2, -0.15) is 5.06 Å². The Balaban J connectivity index is 2.33. The molecule has 0 spiro atoms. The van der Waals surface area contributed by atoms with Crippen LogP contribution in [0.5, 0.6) is 0 Å². The first-order valence-electron chi connectivity index (χ1n) is 6.64. The zero-order chi connectivity index (χ0) is 15.1. The molecule has 5 heteroatoms. The molecule has 0 radical (unpaired) electrons. The second kappa shape index (κ2) is 4.98. The summed E-state index contributed by atoms with van der Waals surface area (Å²) in [5, 5.41) is 20.5. The zero-order valence-corrected chi connectivity index (χ0v) is 13.1. The predicted molar refractivity (Wildman–Crippen MR) is 80.0 cm³/mol. The number of carboxylic acid groups (broad SMARTS) is 1. The van der Waals surface area contributed by atoms with E-state index in [9.17, 15) is 10.0 Å². The van der Waals surface area contributed by atoms with Crippen molar-refractivity contribution in [1.82, 2.24) is 5.06 Å². The molecule has 0 bridgehead atoms. The van der Waals surface area contributed by atoms with Gasteiger partial charge in [0, 0.05) is 15.3 Å². The lowest BCUT2D eigenvalue weighted by molar-refractivity contribution is -0.211. The van der Waals surface area contributed by atoms with Crippen molar-refractivity contribution in [3.8, 4) is 0 Å². The number of rotatable bonds is 3. The molecule has 0 aliphatic carbocycles. The molecule has 1 aromatic heterocycles. The number of thiophene rings is 1. The molecule has 0 saturated heterocycles. The molecule has 0 atom stereocenters. The van der Waals surface area contributed by atoms with E-state index in [1.54, 1.807) is 0 Å². The molecule has 0 amide bonds. The number of hydrogen-bond donors (Lipinski definition) is 2. The third kappa shape index (κ3) is 2.95. The molecule has 2 N–H and O–H groups in total. The molecule has 0 unspecified atom stereocenters. The lowest BCUT2D eigenvalue weighted by atomic mass is 9.82. The fourth-order valence-corrected chi connectivity index (χ4v) is 3.82. The number of nitrogens with zero attached hydrogens (tertiary/aromatic N) is 1. The largest absolute Gasteiger partial charge is 0.481 e. The minimum Gasteiger partial charge on any atom is -0.481 e. The van der Waals surface area contributed by atoms with E-state index in [1.165, 1.54) is 22.0 Å². The van der Waals surface area contributed by atoms with Gasteiger partial charge in [-0.05, 0) is 51.8 Å². The Bertz CT molecular complexity index is 557. The highest BCUT2D eigenvalue weighted by Gasteiger charge is 2.41. The first kappa shape index (κ1) is 15.2. The maximum atomic E-state index is 10.8. The smallest absolute Gasteiger partial charge is 0.308 e. The van der Waals surface area contributed by atoms with E-state index in [0.717, 1.165) is 16.2 Å². The fraction of sp³-hybridized carbons (Fsp3) is 0.533. The molecule has 0 fully saturated rings. The van der Waals surface area contributed by atoms with Crippen LogP contribution in [0.25, 0.3) is 5.57 Å². The number of hydrogen-bond acceptors (Lipinski definition) is 4. The molecular formula is C15H21NO3S. The second-order valence-corrected chi connectivity index (χ2v) is 7.63. The van der Waals surface area contributed by atoms with E-state index in [2.05, 4.69) is 6.08 Å². The summed E-state index contributed by atoms with van der Waals surface area (Å²) in [6.45, 7) is 7.96. The number of carboxylic acids is 1. The predicted octanol–water partition coefficient (Wildman–Crippen LogP) is 3.41. The van der Waals surface area contributed by atoms with Crippen LogP contribution in [0.2, 0.25) is 0 Å². The normalized spacial score (nSPS) is 21.6. The van der Waals surface area contributed by atoms with Crippen molar-refractivity contribution in [1.29, 1.82) is 0 Å². The quantitative estimate of drug-likeness (QED) is 0.897. The summed E-state index contributed by atoms with van der Waals surface area (Å²) in [4.78, 5) is 12.7. The Hall–Kier alpha value is -1.17. The van der Waals surface area contributed by atoms with Gasteiger partial charge in [-0.25, -0.2) is 0 Å². The van der Waals surface area contributed by atoms with Crippen molar-refractivity contribution in [3.63, 3.8) is 0 Å². The lowest BCUT2D eigenvalue weighted by Gasteiger charge is -2.47. The summed E-state index contributed by atoms with van der Waals surface area (Å²) in [5.41, 5.74) is 0.394. The van der Waals surface area contributed by atoms with Crippen molar-refractivity contribution < 1.29 is 15.1 Å². The zero-order valence-electron chi connectivity index (χ0n) is 12.3. The van der Waals surface area contributed by atoms with Crippen molar-refractivity contribution in [2.24, 2.45) is 0 Å². The van der Waals surface area contributed by atoms with Crippen LogP contribution in [-0.4, -0.2) is 32.4 Å². The molecule has 1 aliphatic heterocycles. The molecule has 20 heavy (non-hydrogen) atoms. The highest BCUT2D eigenvalue weighted by Crippen LogP contribution is 2.41. The van der Waals surface area contributed by atoms with Gasteiger partial charge in [-0.15, -0.1) is 11.3 Å². The molecule has 0 saturated carbocycles. The van der Waals surface area contributed by atoms with Crippen LogP contribution in [0.15, 0.2) is 18.2 Å². The van der Waals surface area contributed by atoms with Crippen molar-refractivity contribution in [2.75, 3.05) is 0 Å². The minimum absolute atomic E-state index is 0.0663. The van der Waals surface area contributed by atoms with Crippen LogP contribution in [0.1, 0.15) is 43.9 Å². The van der Waals surface area contributed by atoms with E-state index in [4.69, 9.17) is 5.11 Å². The Labute approximate surface area is 123 Å². The summed E-state index contributed by atoms with van der Waals surface area (Å²) in [5.74, 6) is -0.807. The Morgan fingerprint density at radius 1 is 1.35 bits per heavy atom. The van der Waals surface area contributed by atoms with E-state index in [-0.39, 0.29) is 12.0 Å². The summed E-state index contributed by atoms with van der Waals surface area (Å²) >= 11 is 1.52. The summed E-state index contributed by atoms with van der Waals surface area (Å²) in [7, 11) is 0. The monoisotopic (exact) mass is 295 g/mol. The van der Waals surface area contributed by atoms with E-state index >= 15 is 0 Å². The van der Waals surface area contributed by atoms with Gasteiger partial charge >= 0.3 is 5.97 Å². The molecule has 2 heterocycles. The second-order valence-electron chi connectivity index (χ2n) is 6.46. The van der Waals surface area contributed by atoms with Gasteiger partial charge in [0.25, 0.3) is 0 Å². The van der Waals surface area contributed by atoms with Crippen LogP contribution in [0, 0.1) is 0 Å². The Kier molecular flexibility index (Phi) is 3.79. The Morgan fingerprint density at radius 2 is 2.00 bits per heavy atom. The molecule has 1 aliphatic rings. The molecule has 2 rings (SSSR count). The summed E-state index contributed by atoms with van der Waals surface area (Å²) in [6.07, 6.45) is 2.87. The maximum absolute atomic E-state index is 10.8. The van der Waals surface area contributed by atoms with Gasteiger partial charge in [-0.1, -0.05) is 6.08 Å². The SMILES string of the molecule is CC1(C)C=C(c2ccc(CC(=O)O)s2)CC(C)(C)N1O. The van der Waals surface area contributed by atoms with Crippen LogP contribution in [0.4, 0.5) is 0 Å². The fourth-order valence-electron chi connectivity index (χ4n) is 2.81. The van der Waals surface area contributed by atoms with Gasteiger partial charge in [0.2, 0.25) is 0 Å². The van der Waals surface area contributed by atoms with Gasteiger partial charge in [0.15, 0.2) is 0 Å². The maximum Gasteiger partial charge on any atom is 0.308 e. The van der Waals surface area contributed by atoms with E-state index < -0.39 is 11.5 Å². The van der Waals surface area contributed by atoms with Crippen LogP contribution in [0.3, 0.4) is 0 Å². The van der Waals surface area contributed by atoms with Gasteiger partial charge in [0.05, 0.1) is 12.0 Å². The number of carbonyl (C=O) groups is 1. The standard InChI is InChI=1S/C15H21NO3S/c1-14(2)8-10(9-15(3,4)16(14)19)12-6-5-11(20-12)7-13(17)18/h5-6,8,19H,7,9H2,1-4H3,(H,17,18). The summed E-state index contributed by atoms with van der Waals surface area (Å²) < 4.78 is 0. The third-order valence-electron chi connectivity index (χ3n) is 3.57. The molecule has 1 aromatic rings. The Morgan fingerprint density at radius 3 is 2.55 bits per heavy atom. The van der Waals surface area contributed by atoms with Gasteiger partial charge in [-0.3, -0.25) is 4.79 Å². The van der Waals surface area contributed by atoms with E-state index in [0.29, 0.717) is 0 Å². The highest BCUT2D eigenvalue weighted by molar-refractivity contribution is 7.13. The first-order chi connectivity index (χ1) is 9.12. The van der Waals surface area contributed by atoms with Crippen molar-refractivity contribution in [2.45, 2.75) is 51.6 Å². The van der Waals surface area contributed by atoms with Crippen molar-refractivity contribution in [3.05, 3.63) is 28.0 Å². The molecular weight excluding hydrogens is 274 g/mol. The molecule has 110 valence electrons. The highest BCUT2D eigenvalue weighted by atomic mass is 32.1. The first-order valence-corrected chi connectivity index (χ1v) is 7.45. The van der Waals surface area contributed by atoms with Crippen LogP contribution < -0.4 is 0 Å². The van der Waals surface area contributed by atoms with Gasteiger partial charge < -0.3 is 10.3 Å². The van der Waals surface area contributed by atoms with Gasteiger partial charge in [0.1, 0.15) is 0 Å². The summed E-state index contributed by atoms with van der Waals surface area (Å²) in [6, 6.07) is 3.86. The molecule has 4 nitrogen and oxygen atoms in total. The van der Waals surface area contributed by atoms with Crippen LogP contribution in [-0.2, 0) is 11.2 Å². The number of hydroxylamine groups is 2. The minimum atomic E-state index is -0.807. The van der Waals surface area contributed by atoms with E-state index in [1.807, 2.05) is 39.8 Å². The molecule has 0 aromatic carbocycles. The van der Waals surface area contributed by atoms with Crippen LogP contribution >= 0.6 is 11.3 Å². The topological polar surface area (TPSA) is 60.8 Å². The number of aliphatic carboxylic acids is 1. The lowest BCUT2D eigenvalue weighted by Crippen LogP contribution is -2.55. The average Bonchev–Trinajstić information content (AvgIpc) is 2.72. The average molecular weight is 295 g/mol.